The molecular weight excluding hydrogens is 354 g/mol. The average Bonchev–Trinajstić information content (AvgIpc) is 2.76. The summed E-state index contributed by atoms with van der Waals surface area (Å²) in [5, 5.41) is 9.32. The van der Waals surface area contributed by atoms with E-state index in [1.807, 2.05) is 52.0 Å². The van der Waals surface area contributed by atoms with Crippen LogP contribution in [0.15, 0.2) is 30.3 Å². The summed E-state index contributed by atoms with van der Waals surface area (Å²) in [5.41, 5.74) is 2.64. The quantitative estimate of drug-likeness (QED) is 0.764. The molecule has 2 heterocycles. The number of carbonyl (C=O) groups is 1. The number of benzene rings is 1. The van der Waals surface area contributed by atoms with E-state index in [9.17, 15) is 10.1 Å². The summed E-state index contributed by atoms with van der Waals surface area (Å²) in [6.07, 6.45) is 0.222. The molecule has 0 aliphatic carbocycles. The lowest BCUT2D eigenvalue weighted by atomic mass is 9.92. The van der Waals surface area contributed by atoms with E-state index in [1.54, 1.807) is 18.0 Å². The van der Waals surface area contributed by atoms with Crippen molar-refractivity contribution in [2.75, 3.05) is 13.6 Å². The minimum absolute atomic E-state index is 0.0728. The minimum atomic E-state index is -0.560. The third-order valence-corrected chi connectivity index (χ3v) is 4.51. The fourth-order valence-corrected chi connectivity index (χ4v) is 3.24. The molecule has 1 aliphatic rings. The molecule has 146 valence electrons. The molecule has 0 fully saturated rings. The molecular formula is C22H25N3O3. The van der Waals surface area contributed by atoms with Crippen molar-refractivity contribution in [3.8, 4) is 17.6 Å². The lowest BCUT2D eigenvalue weighted by Gasteiger charge is -2.27. The van der Waals surface area contributed by atoms with Gasteiger partial charge < -0.3 is 14.4 Å². The Bertz CT molecular complexity index is 941. The van der Waals surface area contributed by atoms with Crippen LogP contribution in [-0.4, -0.2) is 35.2 Å². The van der Waals surface area contributed by atoms with Crippen molar-refractivity contribution >= 4 is 6.09 Å². The summed E-state index contributed by atoms with van der Waals surface area (Å²) >= 11 is 0. The molecule has 0 unspecified atom stereocenters. The van der Waals surface area contributed by atoms with Gasteiger partial charge in [0.25, 0.3) is 0 Å². The monoisotopic (exact) mass is 379 g/mol. The summed E-state index contributed by atoms with van der Waals surface area (Å²) in [4.78, 5) is 18.7. The van der Waals surface area contributed by atoms with Crippen molar-refractivity contribution in [3.05, 3.63) is 52.8 Å². The Morgan fingerprint density at radius 1 is 1.32 bits per heavy atom. The molecule has 3 rings (SSSR count). The van der Waals surface area contributed by atoms with E-state index >= 15 is 0 Å². The maximum Gasteiger partial charge on any atom is 0.410 e. The number of ether oxygens (including phenoxy) is 2. The number of likely N-dealkylation sites (N-methyl/N-ethyl adjacent to an activating group) is 1. The Kier molecular flexibility index (Phi) is 5.28. The molecule has 0 saturated carbocycles. The fourth-order valence-electron chi connectivity index (χ4n) is 3.24. The molecule has 6 heteroatoms. The maximum atomic E-state index is 12.5. The van der Waals surface area contributed by atoms with Crippen molar-refractivity contribution in [3.63, 3.8) is 0 Å². The normalized spacial score (nSPS) is 15.4. The smallest absolute Gasteiger partial charge is 0.410 e. The van der Waals surface area contributed by atoms with Crippen molar-refractivity contribution in [1.29, 1.82) is 5.26 Å². The van der Waals surface area contributed by atoms with Gasteiger partial charge in [0.15, 0.2) is 0 Å². The van der Waals surface area contributed by atoms with Crippen LogP contribution in [-0.2, 0) is 11.2 Å². The van der Waals surface area contributed by atoms with E-state index in [-0.39, 0.29) is 12.0 Å². The van der Waals surface area contributed by atoms with Crippen LogP contribution in [0.4, 0.5) is 4.79 Å². The molecule has 0 N–H and O–H groups in total. The van der Waals surface area contributed by atoms with Crippen LogP contribution in [0.1, 0.15) is 49.2 Å². The fraction of sp³-hybridized carbons (Fsp3) is 0.409. The van der Waals surface area contributed by atoms with E-state index in [2.05, 4.69) is 11.1 Å². The van der Waals surface area contributed by atoms with Crippen LogP contribution < -0.4 is 4.74 Å². The Morgan fingerprint density at radius 2 is 2.04 bits per heavy atom. The maximum absolute atomic E-state index is 12.5. The number of nitriles is 1. The SMILES string of the molecule is Cc1ccc2c(n1)C[C@H](CN(C)C(=O)OC(C)(C)C)c1cc(C#N)ccc1O2. The van der Waals surface area contributed by atoms with Gasteiger partial charge >= 0.3 is 6.09 Å². The van der Waals surface area contributed by atoms with Crippen LogP contribution >= 0.6 is 0 Å². The minimum Gasteiger partial charge on any atom is -0.455 e. The molecule has 28 heavy (non-hydrogen) atoms. The number of carbonyl (C=O) groups excluding carboxylic acids is 1. The van der Waals surface area contributed by atoms with E-state index in [0.29, 0.717) is 30.0 Å². The summed E-state index contributed by atoms with van der Waals surface area (Å²) in [5.74, 6) is 1.32. The van der Waals surface area contributed by atoms with Gasteiger partial charge in [-0.2, -0.15) is 5.26 Å². The predicted molar refractivity (Wildman–Crippen MR) is 106 cm³/mol. The average molecular weight is 379 g/mol. The molecule has 1 aromatic heterocycles. The molecule has 0 radical (unpaired) electrons. The number of rotatable bonds is 2. The molecule has 0 spiro atoms. The summed E-state index contributed by atoms with van der Waals surface area (Å²) in [7, 11) is 1.72. The number of hydrogen-bond donors (Lipinski definition) is 0. The first-order chi connectivity index (χ1) is 13.2. The topological polar surface area (TPSA) is 75.5 Å². The summed E-state index contributed by atoms with van der Waals surface area (Å²) in [6, 6.07) is 11.4. The molecule has 2 aromatic rings. The first-order valence-electron chi connectivity index (χ1n) is 9.29. The van der Waals surface area contributed by atoms with Crippen LogP contribution in [0.25, 0.3) is 0 Å². The van der Waals surface area contributed by atoms with E-state index in [1.165, 1.54) is 0 Å². The second-order valence-electron chi connectivity index (χ2n) is 8.13. The van der Waals surface area contributed by atoms with Crippen molar-refractivity contribution in [2.24, 2.45) is 0 Å². The highest BCUT2D eigenvalue weighted by atomic mass is 16.6. The number of nitrogens with zero attached hydrogens (tertiary/aromatic N) is 3. The van der Waals surface area contributed by atoms with Gasteiger partial charge in [-0.3, -0.25) is 4.98 Å². The zero-order valence-corrected chi connectivity index (χ0v) is 16.9. The Hall–Kier alpha value is -3.07. The van der Waals surface area contributed by atoms with Gasteiger partial charge in [0.2, 0.25) is 0 Å². The molecule has 1 amide bonds. The third-order valence-electron chi connectivity index (χ3n) is 4.51. The van der Waals surface area contributed by atoms with Gasteiger partial charge in [0, 0.05) is 37.2 Å². The van der Waals surface area contributed by atoms with Crippen molar-refractivity contribution in [1.82, 2.24) is 9.88 Å². The third kappa shape index (κ3) is 4.42. The molecule has 6 nitrogen and oxygen atoms in total. The number of amides is 1. The second kappa shape index (κ2) is 7.51. The van der Waals surface area contributed by atoms with Gasteiger partial charge in [-0.25, -0.2) is 4.79 Å². The van der Waals surface area contributed by atoms with Gasteiger partial charge in [0.05, 0.1) is 17.3 Å². The molecule has 0 saturated heterocycles. The lowest BCUT2D eigenvalue weighted by Crippen LogP contribution is -2.36. The Balaban J connectivity index is 1.96. The van der Waals surface area contributed by atoms with Gasteiger partial charge in [-0.15, -0.1) is 0 Å². The Morgan fingerprint density at radius 3 is 2.71 bits per heavy atom. The Labute approximate surface area is 165 Å². The highest BCUT2D eigenvalue weighted by Crippen LogP contribution is 2.39. The first-order valence-corrected chi connectivity index (χ1v) is 9.29. The van der Waals surface area contributed by atoms with E-state index in [0.717, 1.165) is 17.0 Å². The van der Waals surface area contributed by atoms with Crippen LogP contribution in [0.3, 0.4) is 0 Å². The van der Waals surface area contributed by atoms with Crippen LogP contribution in [0, 0.1) is 18.3 Å². The molecule has 1 atom stereocenters. The van der Waals surface area contributed by atoms with Crippen LogP contribution in [0.2, 0.25) is 0 Å². The highest BCUT2D eigenvalue weighted by molar-refractivity contribution is 5.68. The summed E-state index contributed by atoms with van der Waals surface area (Å²) in [6.45, 7) is 7.89. The number of fused-ring (bicyclic) bond motifs is 2. The van der Waals surface area contributed by atoms with E-state index < -0.39 is 5.60 Å². The van der Waals surface area contributed by atoms with Crippen LogP contribution in [0.5, 0.6) is 11.5 Å². The number of pyridine rings is 1. The van der Waals surface area contributed by atoms with Crippen molar-refractivity contribution in [2.45, 2.75) is 45.6 Å². The lowest BCUT2D eigenvalue weighted by molar-refractivity contribution is 0.0288. The number of aromatic nitrogens is 1. The summed E-state index contributed by atoms with van der Waals surface area (Å²) < 4.78 is 11.6. The van der Waals surface area contributed by atoms with E-state index in [4.69, 9.17) is 9.47 Å². The second-order valence-corrected chi connectivity index (χ2v) is 8.13. The largest absolute Gasteiger partial charge is 0.455 e. The molecule has 1 aromatic carbocycles. The zero-order chi connectivity index (χ0) is 20.5. The van der Waals surface area contributed by atoms with Gasteiger partial charge in [-0.1, -0.05) is 0 Å². The van der Waals surface area contributed by atoms with Gasteiger partial charge in [-0.05, 0) is 58.0 Å². The molecule has 0 bridgehead atoms. The number of hydrogen-bond acceptors (Lipinski definition) is 5. The van der Waals surface area contributed by atoms with Gasteiger partial charge in [0.1, 0.15) is 17.1 Å². The first kappa shape index (κ1) is 19.7. The molecule has 1 aliphatic heterocycles. The number of aryl methyl sites for hydroxylation is 1. The predicted octanol–water partition coefficient (Wildman–Crippen LogP) is 4.56. The standard InChI is InChI=1S/C22H25N3O3/c1-14-6-8-20-18(24-14)11-16(13-25(5)21(26)28-22(2,3)4)17-10-15(12-23)7-9-19(17)27-20/h6-10,16H,11,13H2,1-5H3/t16-/m1/s1. The highest BCUT2D eigenvalue weighted by Gasteiger charge is 2.28. The van der Waals surface area contributed by atoms with Crippen molar-refractivity contribution < 1.29 is 14.3 Å². The zero-order valence-electron chi connectivity index (χ0n) is 16.9.